The van der Waals surface area contributed by atoms with E-state index in [9.17, 15) is 30.3 Å². The molecule has 5 N–H and O–H groups in total. The Kier molecular flexibility index (Phi) is 5.50. The predicted octanol–water partition coefficient (Wildman–Crippen LogP) is 0.148. The van der Waals surface area contributed by atoms with Crippen molar-refractivity contribution in [2.45, 2.75) is 37.6 Å². The molecule has 1 aliphatic rings. The summed E-state index contributed by atoms with van der Waals surface area (Å²) < 4.78 is 21.5. The van der Waals surface area contributed by atoms with Gasteiger partial charge in [-0.25, -0.2) is 4.79 Å². The van der Waals surface area contributed by atoms with Crippen molar-refractivity contribution in [3.05, 3.63) is 40.2 Å². The molecule has 3 aromatic rings. The van der Waals surface area contributed by atoms with Crippen LogP contribution in [0.25, 0.3) is 21.7 Å². The van der Waals surface area contributed by atoms with Gasteiger partial charge in [-0.3, -0.25) is 0 Å². The molecule has 0 bridgehead atoms. The smallest absolute Gasteiger partial charge is 0.347 e. The Balaban J connectivity index is 1.79. The minimum absolute atomic E-state index is 0.0130. The first kappa shape index (κ1) is 21.3. The summed E-state index contributed by atoms with van der Waals surface area (Å²) in [5, 5.41) is 50.6. The molecule has 1 saturated heterocycles. The molecule has 1 aromatic heterocycles. The molecule has 31 heavy (non-hydrogen) atoms. The van der Waals surface area contributed by atoms with Crippen LogP contribution in [0.3, 0.4) is 0 Å². The van der Waals surface area contributed by atoms with Crippen molar-refractivity contribution < 1.29 is 44.2 Å². The molecule has 0 amide bonds. The normalized spacial score (nSPS) is 26.3. The van der Waals surface area contributed by atoms with Crippen LogP contribution in [-0.4, -0.2) is 70.0 Å². The Hall–Kier alpha value is -2.89. The van der Waals surface area contributed by atoms with Gasteiger partial charge in [-0.15, -0.1) is 0 Å². The van der Waals surface area contributed by atoms with Crippen molar-refractivity contribution in [2.75, 3.05) is 13.7 Å². The lowest BCUT2D eigenvalue weighted by Crippen LogP contribution is -2.60. The van der Waals surface area contributed by atoms with Crippen LogP contribution in [0.4, 0.5) is 0 Å². The molecule has 10 heteroatoms. The van der Waals surface area contributed by atoms with E-state index < -0.39 is 42.9 Å². The largest absolute Gasteiger partial charge is 0.507 e. The first-order valence-corrected chi connectivity index (χ1v) is 9.50. The Morgan fingerprint density at radius 1 is 1.00 bits per heavy atom. The molecule has 0 saturated carbocycles. The lowest BCUT2D eigenvalue weighted by atomic mass is 9.99. The van der Waals surface area contributed by atoms with Crippen LogP contribution in [0, 0.1) is 6.92 Å². The number of aliphatic hydroxyl groups excluding tert-OH is 4. The van der Waals surface area contributed by atoms with Crippen molar-refractivity contribution in [3.8, 4) is 17.2 Å². The standard InChI is InChI=1S/C21H22O10/c1-8-3-10(29-21-19(26)18(25)17(24)14(7-22)31-21)6-13-15(8)11-4-9(28-2)5-12(23)16(11)20(27)30-13/h3-6,14,17-19,21-26H,7H2,1-2H3/t14-,17-,18+,19-,21-/m1/s1. The fraction of sp³-hybridized carbons (Fsp3) is 0.381. The lowest BCUT2D eigenvalue weighted by Gasteiger charge is -2.39. The minimum Gasteiger partial charge on any atom is -0.507 e. The van der Waals surface area contributed by atoms with E-state index >= 15 is 0 Å². The molecule has 4 rings (SSSR count). The summed E-state index contributed by atoms with van der Waals surface area (Å²) in [7, 11) is 1.44. The number of aryl methyl sites for hydroxylation is 1. The van der Waals surface area contributed by atoms with Gasteiger partial charge in [0.2, 0.25) is 6.29 Å². The van der Waals surface area contributed by atoms with Crippen molar-refractivity contribution in [3.63, 3.8) is 0 Å². The van der Waals surface area contributed by atoms with E-state index in [2.05, 4.69) is 0 Å². The summed E-state index contributed by atoms with van der Waals surface area (Å²) >= 11 is 0. The van der Waals surface area contributed by atoms with Gasteiger partial charge in [0.1, 0.15) is 52.6 Å². The summed E-state index contributed by atoms with van der Waals surface area (Å²) in [6.45, 7) is 1.15. The van der Waals surface area contributed by atoms with Crippen molar-refractivity contribution >= 4 is 21.7 Å². The van der Waals surface area contributed by atoms with Gasteiger partial charge in [-0.2, -0.15) is 0 Å². The molecular formula is C21H22O10. The Labute approximate surface area is 175 Å². The zero-order valence-electron chi connectivity index (χ0n) is 16.7. The second-order valence-corrected chi connectivity index (χ2v) is 7.39. The number of rotatable bonds is 4. The lowest BCUT2D eigenvalue weighted by molar-refractivity contribution is -0.277. The summed E-state index contributed by atoms with van der Waals surface area (Å²) in [4.78, 5) is 12.5. The number of phenols is 1. The quantitative estimate of drug-likeness (QED) is 0.282. The predicted molar refractivity (Wildman–Crippen MR) is 107 cm³/mol. The van der Waals surface area contributed by atoms with Crippen LogP contribution >= 0.6 is 0 Å². The highest BCUT2D eigenvalue weighted by atomic mass is 16.7. The summed E-state index contributed by atoms with van der Waals surface area (Å²) in [5.41, 5.74) is 0.0234. The second kappa shape index (κ2) is 7.98. The van der Waals surface area contributed by atoms with Gasteiger partial charge in [0.15, 0.2) is 0 Å². The maximum Gasteiger partial charge on any atom is 0.347 e. The topological polar surface area (TPSA) is 159 Å². The Bertz CT molecular complexity index is 1180. The minimum atomic E-state index is -1.59. The third-order valence-corrected chi connectivity index (χ3v) is 5.38. The summed E-state index contributed by atoms with van der Waals surface area (Å²) in [6.07, 6.45) is -7.19. The average Bonchev–Trinajstić information content (AvgIpc) is 2.73. The molecule has 2 heterocycles. The molecule has 5 atom stereocenters. The Morgan fingerprint density at radius 3 is 2.42 bits per heavy atom. The molecular weight excluding hydrogens is 412 g/mol. The molecule has 1 aliphatic heterocycles. The number of methoxy groups -OCH3 is 1. The summed E-state index contributed by atoms with van der Waals surface area (Å²) in [5.74, 6) is 0.243. The van der Waals surface area contributed by atoms with Crippen LogP contribution in [0.15, 0.2) is 33.5 Å². The molecule has 0 unspecified atom stereocenters. The van der Waals surface area contributed by atoms with Crippen LogP contribution in [0.2, 0.25) is 0 Å². The van der Waals surface area contributed by atoms with E-state index in [-0.39, 0.29) is 22.5 Å². The molecule has 1 fully saturated rings. The first-order chi connectivity index (χ1) is 14.7. The van der Waals surface area contributed by atoms with E-state index in [1.807, 2.05) is 0 Å². The number of fused-ring (bicyclic) bond motifs is 3. The molecule has 166 valence electrons. The van der Waals surface area contributed by atoms with Gasteiger partial charge in [-0.1, -0.05) is 0 Å². The van der Waals surface area contributed by atoms with Gasteiger partial charge in [0, 0.05) is 22.9 Å². The van der Waals surface area contributed by atoms with E-state index in [0.29, 0.717) is 22.1 Å². The fourth-order valence-corrected chi connectivity index (χ4v) is 3.80. The highest BCUT2D eigenvalue weighted by molar-refractivity contribution is 6.08. The number of hydrogen-bond donors (Lipinski definition) is 5. The monoisotopic (exact) mass is 434 g/mol. The zero-order valence-corrected chi connectivity index (χ0v) is 16.7. The SMILES string of the molecule is COc1cc(O)c2c(=O)oc3cc(O[C@@H]4O[C@H](CO)[C@@H](O)[C@H](O)[C@H]4O)cc(C)c3c2c1. The number of aromatic hydroxyl groups is 1. The zero-order chi connectivity index (χ0) is 22.4. The number of ether oxygens (including phenoxy) is 3. The van der Waals surface area contributed by atoms with Gasteiger partial charge < -0.3 is 44.2 Å². The van der Waals surface area contributed by atoms with Gasteiger partial charge in [0.25, 0.3) is 0 Å². The molecule has 2 aromatic carbocycles. The third-order valence-electron chi connectivity index (χ3n) is 5.38. The van der Waals surface area contributed by atoms with Gasteiger partial charge in [0.05, 0.1) is 13.7 Å². The maximum atomic E-state index is 12.5. The highest BCUT2D eigenvalue weighted by Gasteiger charge is 2.44. The van der Waals surface area contributed by atoms with E-state index in [4.69, 9.17) is 18.6 Å². The first-order valence-electron chi connectivity index (χ1n) is 9.50. The third kappa shape index (κ3) is 3.58. The van der Waals surface area contributed by atoms with Crippen molar-refractivity contribution in [2.24, 2.45) is 0 Å². The molecule has 0 radical (unpaired) electrons. The molecule has 10 nitrogen and oxygen atoms in total. The maximum absolute atomic E-state index is 12.5. The van der Waals surface area contributed by atoms with Crippen molar-refractivity contribution in [1.29, 1.82) is 0 Å². The number of aliphatic hydroxyl groups is 4. The number of hydrogen-bond acceptors (Lipinski definition) is 10. The van der Waals surface area contributed by atoms with Crippen LogP contribution < -0.4 is 15.1 Å². The van der Waals surface area contributed by atoms with E-state index in [1.165, 1.54) is 19.2 Å². The van der Waals surface area contributed by atoms with Gasteiger partial charge in [-0.05, 0) is 24.6 Å². The van der Waals surface area contributed by atoms with Crippen LogP contribution in [0.5, 0.6) is 17.2 Å². The molecule has 0 aliphatic carbocycles. The molecule has 0 spiro atoms. The summed E-state index contributed by atoms with van der Waals surface area (Å²) in [6, 6.07) is 5.93. The number of benzene rings is 2. The van der Waals surface area contributed by atoms with Crippen LogP contribution in [0.1, 0.15) is 5.56 Å². The Morgan fingerprint density at radius 2 is 1.74 bits per heavy atom. The second-order valence-electron chi connectivity index (χ2n) is 7.39. The van der Waals surface area contributed by atoms with Crippen LogP contribution in [-0.2, 0) is 4.74 Å². The van der Waals surface area contributed by atoms with E-state index in [0.717, 1.165) is 0 Å². The van der Waals surface area contributed by atoms with Gasteiger partial charge >= 0.3 is 5.63 Å². The van der Waals surface area contributed by atoms with E-state index in [1.54, 1.807) is 19.1 Å². The van der Waals surface area contributed by atoms with Crippen molar-refractivity contribution in [1.82, 2.24) is 0 Å². The highest BCUT2D eigenvalue weighted by Crippen LogP contribution is 2.36. The average molecular weight is 434 g/mol. The fourth-order valence-electron chi connectivity index (χ4n) is 3.80. The number of phenolic OH excluding ortho intramolecular Hbond substituents is 1.